The number of nitrogens with zero attached hydrogens (tertiary/aromatic N) is 4. The van der Waals surface area contributed by atoms with Gasteiger partial charge in [-0.15, -0.1) is 5.10 Å². The monoisotopic (exact) mass is 484 g/mol. The fraction of sp³-hybridized carbons (Fsp3) is 0.0870. The minimum absolute atomic E-state index is 0.171. The van der Waals surface area contributed by atoms with E-state index >= 15 is 0 Å². The number of hydrogen-bond donors (Lipinski definition) is 3. The van der Waals surface area contributed by atoms with Gasteiger partial charge >= 0.3 is 12.1 Å². The predicted molar refractivity (Wildman–Crippen MR) is 122 cm³/mol. The van der Waals surface area contributed by atoms with Crippen molar-refractivity contribution in [3.05, 3.63) is 84.2 Å². The third-order valence-corrected chi connectivity index (χ3v) is 4.55. The molecule has 2 aromatic carbocycles. The number of aryl methyl sites for hydroxylation is 1. The maximum absolute atomic E-state index is 12.7. The molecule has 0 saturated heterocycles. The molecule has 9 nitrogen and oxygen atoms in total. The van der Waals surface area contributed by atoms with Gasteiger partial charge in [-0.3, -0.25) is 4.79 Å². The molecule has 0 aliphatic carbocycles. The number of amides is 1. The SMILES string of the molecule is Cc1ccc(-c2cn(-c3cc(N)ccn3)nn2)cc1C(=O)Nc1ccccc1.O=C(O)C(F)(F)F. The van der Waals surface area contributed by atoms with Gasteiger partial charge in [0.25, 0.3) is 5.91 Å². The number of nitrogen functional groups attached to an aromatic ring is 1. The van der Waals surface area contributed by atoms with E-state index in [2.05, 4.69) is 20.6 Å². The number of pyridine rings is 1. The first-order valence-corrected chi connectivity index (χ1v) is 9.96. The maximum Gasteiger partial charge on any atom is 0.490 e. The summed E-state index contributed by atoms with van der Waals surface area (Å²) in [5.74, 6) is -2.35. The van der Waals surface area contributed by atoms with Gasteiger partial charge in [0.1, 0.15) is 5.69 Å². The number of aliphatic carboxylic acids is 1. The van der Waals surface area contributed by atoms with E-state index in [0.717, 1.165) is 16.8 Å². The molecule has 0 radical (unpaired) electrons. The molecule has 4 N–H and O–H groups in total. The Labute approximate surface area is 197 Å². The van der Waals surface area contributed by atoms with Crippen LogP contribution in [0.4, 0.5) is 24.5 Å². The average Bonchev–Trinajstić information content (AvgIpc) is 3.30. The van der Waals surface area contributed by atoms with Crippen LogP contribution in [0, 0.1) is 6.92 Å². The zero-order valence-electron chi connectivity index (χ0n) is 18.2. The molecule has 4 aromatic rings. The molecule has 2 aromatic heterocycles. The van der Waals surface area contributed by atoms with E-state index < -0.39 is 12.1 Å². The summed E-state index contributed by atoms with van der Waals surface area (Å²) in [4.78, 5) is 25.8. The number of hydrogen-bond acceptors (Lipinski definition) is 6. The van der Waals surface area contributed by atoms with Crippen LogP contribution in [0.15, 0.2) is 73.1 Å². The van der Waals surface area contributed by atoms with Crippen LogP contribution >= 0.6 is 0 Å². The van der Waals surface area contributed by atoms with E-state index in [9.17, 15) is 18.0 Å². The summed E-state index contributed by atoms with van der Waals surface area (Å²) in [7, 11) is 0. The highest BCUT2D eigenvalue weighted by atomic mass is 19.4. The summed E-state index contributed by atoms with van der Waals surface area (Å²) in [5.41, 5.74) is 10.0. The third-order valence-electron chi connectivity index (χ3n) is 4.55. The summed E-state index contributed by atoms with van der Waals surface area (Å²) in [6, 6.07) is 18.4. The average molecular weight is 484 g/mol. The number of nitrogens with two attached hydrogens (primary N) is 1. The lowest BCUT2D eigenvalue weighted by molar-refractivity contribution is -0.192. The van der Waals surface area contributed by atoms with E-state index in [-0.39, 0.29) is 5.91 Å². The molecule has 0 aliphatic heterocycles. The lowest BCUT2D eigenvalue weighted by Gasteiger charge is -2.09. The van der Waals surface area contributed by atoms with Gasteiger partial charge in [-0.25, -0.2) is 14.5 Å². The first kappa shape index (κ1) is 24.9. The summed E-state index contributed by atoms with van der Waals surface area (Å²) in [6.07, 6.45) is -1.71. The summed E-state index contributed by atoms with van der Waals surface area (Å²) < 4.78 is 33.3. The molecule has 180 valence electrons. The second-order valence-electron chi connectivity index (χ2n) is 7.15. The summed E-state index contributed by atoms with van der Waals surface area (Å²) >= 11 is 0. The fourth-order valence-electron chi connectivity index (χ4n) is 2.81. The number of benzene rings is 2. The number of nitrogens with one attached hydrogen (secondary N) is 1. The number of para-hydroxylation sites is 1. The molecule has 0 saturated carbocycles. The molecule has 0 atom stereocenters. The van der Waals surface area contributed by atoms with E-state index in [1.165, 1.54) is 0 Å². The number of anilines is 2. The number of carboxylic acids is 1. The summed E-state index contributed by atoms with van der Waals surface area (Å²) in [5, 5.41) is 18.4. The Bertz CT molecular complexity index is 1340. The second-order valence-corrected chi connectivity index (χ2v) is 7.15. The lowest BCUT2D eigenvalue weighted by atomic mass is 10.0. The molecule has 0 aliphatic rings. The highest BCUT2D eigenvalue weighted by Crippen LogP contribution is 2.22. The molecule has 4 rings (SSSR count). The van der Waals surface area contributed by atoms with Crippen molar-refractivity contribution in [3.63, 3.8) is 0 Å². The Morgan fingerprint density at radius 2 is 1.74 bits per heavy atom. The van der Waals surface area contributed by atoms with Gasteiger partial charge in [-0.1, -0.05) is 35.5 Å². The fourth-order valence-corrected chi connectivity index (χ4v) is 2.81. The molecule has 0 fully saturated rings. The number of aromatic nitrogens is 4. The highest BCUT2D eigenvalue weighted by molar-refractivity contribution is 6.05. The molecule has 1 amide bonds. The van der Waals surface area contributed by atoms with Crippen molar-refractivity contribution >= 4 is 23.3 Å². The largest absolute Gasteiger partial charge is 0.490 e. The van der Waals surface area contributed by atoms with E-state index in [4.69, 9.17) is 15.6 Å². The van der Waals surface area contributed by atoms with Crippen LogP contribution in [-0.2, 0) is 4.79 Å². The molecule has 35 heavy (non-hydrogen) atoms. The van der Waals surface area contributed by atoms with Crippen molar-refractivity contribution in [3.8, 4) is 17.1 Å². The highest BCUT2D eigenvalue weighted by Gasteiger charge is 2.38. The predicted octanol–water partition coefficient (Wildman–Crippen LogP) is 4.11. The van der Waals surface area contributed by atoms with Gasteiger partial charge in [0.15, 0.2) is 5.82 Å². The lowest BCUT2D eigenvalue weighted by Crippen LogP contribution is -2.21. The quantitative estimate of drug-likeness (QED) is 0.397. The number of carbonyl (C=O) groups excluding carboxylic acids is 1. The zero-order valence-corrected chi connectivity index (χ0v) is 18.2. The van der Waals surface area contributed by atoms with Crippen molar-refractivity contribution in [2.45, 2.75) is 13.1 Å². The van der Waals surface area contributed by atoms with Crippen LogP contribution in [0.1, 0.15) is 15.9 Å². The van der Waals surface area contributed by atoms with Gasteiger partial charge in [-0.05, 0) is 36.8 Å². The number of carboxylic acid groups (broad SMARTS) is 1. The number of alkyl halides is 3. The first-order valence-electron chi connectivity index (χ1n) is 9.96. The number of rotatable bonds is 4. The van der Waals surface area contributed by atoms with Crippen molar-refractivity contribution in [1.82, 2.24) is 20.0 Å². The Morgan fingerprint density at radius 1 is 1.06 bits per heavy atom. The minimum atomic E-state index is -5.08. The number of halogens is 3. The smallest absolute Gasteiger partial charge is 0.475 e. The Kier molecular flexibility index (Phi) is 7.44. The van der Waals surface area contributed by atoms with E-state index in [0.29, 0.717) is 22.8 Å². The van der Waals surface area contributed by atoms with Crippen molar-refractivity contribution < 1.29 is 27.9 Å². The van der Waals surface area contributed by atoms with Gasteiger partial charge in [-0.2, -0.15) is 13.2 Å². The first-order chi connectivity index (χ1) is 16.5. The Balaban J connectivity index is 0.000000429. The minimum Gasteiger partial charge on any atom is -0.475 e. The van der Waals surface area contributed by atoms with E-state index in [1.807, 2.05) is 55.5 Å². The van der Waals surface area contributed by atoms with Crippen LogP contribution in [-0.4, -0.2) is 43.1 Å². The molecule has 12 heteroatoms. The van der Waals surface area contributed by atoms with Crippen LogP contribution in [0.25, 0.3) is 17.1 Å². The van der Waals surface area contributed by atoms with Gasteiger partial charge in [0, 0.05) is 34.8 Å². The molecule has 2 heterocycles. The summed E-state index contributed by atoms with van der Waals surface area (Å²) in [6.45, 7) is 1.90. The van der Waals surface area contributed by atoms with Gasteiger partial charge in [0.2, 0.25) is 0 Å². The number of carbonyl (C=O) groups is 2. The normalized spacial score (nSPS) is 10.7. The topological polar surface area (TPSA) is 136 Å². The second kappa shape index (κ2) is 10.5. The molecule has 0 bridgehead atoms. The van der Waals surface area contributed by atoms with Crippen LogP contribution in [0.5, 0.6) is 0 Å². The maximum atomic E-state index is 12.7. The van der Waals surface area contributed by atoms with Crippen LogP contribution in [0.3, 0.4) is 0 Å². The van der Waals surface area contributed by atoms with Crippen LogP contribution in [0.2, 0.25) is 0 Å². The van der Waals surface area contributed by atoms with Crippen LogP contribution < -0.4 is 11.1 Å². The zero-order chi connectivity index (χ0) is 25.6. The molecule has 0 unspecified atom stereocenters. The standard InChI is InChI=1S/C21H18N6O.C2HF3O2/c1-14-7-8-15(11-18(14)21(28)24-17-5-3-2-4-6-17)19-13-27(26-25-19)20-12-16(22)9-10-23-20;3-2(4,5)1(6)7/h2-13H,1H3,(H2,22,23)(H,24,28);(H,6,7). The Morgan fingerprint density at radius 3 is 2.37 bits per heavy atom. The van der Waals surface area contributed by atoms with Gasteiger partial charge in [0.05, 0.1) is 6.20 Å². The molecular formula is C23H19F3N6O3. The van der Waals surface area contributed by atoms with E-state index in [1.54, 1.807) is 29.2 Å². The molecular weight excluding hydrogens is 465 g/mol. The van der Waals surface area contributed by atoms with Gasteiger partial charge < -0.3 is 16.2 Å². The Hall–Kier alpha value is -4.74. The van der Waals surface area contributed by atoms with Crippen molar-refractivity contribution in [2.75, 3.05) is 11.1 Å². The third kappa shape index (κ3) is 6.63. The van der Waals surface area contributed by atoms with Crippen molar-refractivity contribution in [2.24, 2.45) is 0 Å². The van der Waals surface area contributed by atoms with Crippen molar-refractivity contribution in [1.29, 1.82) is 0 Å². The molecule has 0 spiro atoms.